The van der Waals surface area contributed by atoms with Crippen molar-refractivity contribution in [1.29, 1.82) is 0 Å². The number of nitrogens with two attached hydrogens (primary N) is 1. The molecule has 0 aliphatic carbocycles. The van der Waals surface area contributed by atoms with E-state index < -0.39 is 5.82 Å². The minimum atomic E-state index is -0.490. The molecule has 0 amide bonds. The molecule has 2 aromatic heterocycles. The number of aromatic nitrogens is 3. The summed E-state index contributed by atoms with van der Waals surface area (Å²) in [7, 11) is 0. The molecule has 5 nitrogen and oxygen atoms in total. The Hall–Kier alpha value is -1.80. The van der Waals surface area contributed by atoms with Gasteiger partial charge in [0, 0.05) is 20.7 Å². The molecular formula is C13H7Br2FN4O. The van der Waals surface area contributed by atoms with Gasteiger partial charge in [0.1, 0.15) is 11.5 Å². The highest BCUT2D eigenvalue weighted by molar-refractivity contribution is 9.11. The summed E-state index contributed by atoms with van der Waals surface area (Å²) in [6.07, 6.45) is 1.63. The van der Waals surface area contributed by atoms with Crippen molar-refractivity contribution < 1.29 is 8.91 Å². The molecule has 0 spiro atoms. The Bertz CT molecular complexity index is 822. The van der Waals surface area contributed by atoms with E-state index in [4.69, 9.17) is 10.3 Å². The smallest absolute Gasteiger partial charge is 0.258 e. The summed E-state index contributed by atoms with van der Waals surface area (Å²) in [6.45, 7) is 0. The van der Waals surface area contributed by atoms with Crippen molar-refractivity contribution >= 4 is 37.5 Å². The Morgan fingerprint density at radius 2 is 2.00 bits per heavy atom. The lowest BCUT2D eigenvalue weighted by atomic mass is 10.2. The van der Waals surface area contributed by atoms with E-state index in [1.807, 2.05) is 6.07 Å². The zero-order chi connectivity index (χ0) is 15.0. The van der Waals surface area contributed by atoms with Gasteiger partial charge in [0.15, 0.2) is 0 Å². The molecule has 0 aliphatic heterocycles. The van der Waals surface area contributed by atoms with Gasteiger partial charge in [-0.05, 0) is 56.1 Å². The largest absolute Gasteiger partial charge is 0.396 e. The van der Waals surface area contributed by atoms with Gasteiger partial charge in [0.05, 0.1) is 5.69 Å². The number of nitrogen functional groups attached to an aromatic ring is 1. The lowest BCUT2D eigenvalue weighted by Gasteiger charge is -1.99. The molecular weight excluding hydrogens is 407 g/mol. The van der Waals surface area contributed by atoms with E-state index in [1.165, 1.54) is 18.2 Å². The van der Waals surface area contributed by atoms with E-state index in [-0.39, 0.29) is 11.6 Å². The topological polar surface area (TPSA) is 77.8 Å². The SMILES string of the molecule is Nc1cc(-c2nc(-c3ncc(Br)cc3Br)no2)ccc1F. The van der Waals surface area contributed by atoms with Crippen LogP contribution in [0.5, 0.6) is 0 Å². The average Bonchev–Trinajstić information content (AvgIpc) is 2.91. The van der Waals surface area contributed by atoms with Gasteiger partial charge in [-0.25, -0.2) is 4.39 Å². The number of nitrogens with zero attached hydrogens (tertiary/aromatic N) is 3. The van der Waals surface area contributed by atoms with E-state index >= 15 is 0 Å². The van der Waals surface area contributed by atoms with Gasteiger partial charge in [0.25, 0.3) is 5.89 Å². The third kappa shape index (κ3) is 2.81. The molecule has 0 saturated heterocycles. The van der Waals surface area contributed by atoms with E-state index in [0.717, 1.165) is 8.95 Å². The minimum absolute atomic E-state index is 0.0233. The van der Waals surface area contributed by atoms with E-state index in [0.29, 0.717) is 17.1 Å². The number of pyridine rings is 1. The maximum Gasteiger partial charge on any atom is 0.258 e. The summed E-state index contributed by atoms with van der Waals surface area (Å²) in [4.78, 5) is 8.47. The molecule has 0 saturated carbocycles. The first-order valence-electron chi connectivity index (χ1n) is 5.75. The minimum Gasteiger partial charge on any atom is -0.396 e. The van der Waals surface area contributed by atoms with Crippen molar-refractivity contribution in [1.82, 2.24) is 15.1 Å². The summed E-state index contributed by atoms with van der Waals surface area (Å²) in [5, 5.41) is 3.88. The lowest BCUT2D eigenvalue weighted by molar-refractivity contribution is 0.432. The molecule has 1 aromatic carbocycles. The second kappa shape index (κ2) is 5.53. The summed E-state index contributed by atoms with van der Waals surface area (Å²) < 4.78 is 19.9. The molecule has 3 aromatic rings. The van der Waals surface area contributed by atoms with Crippen LogP contribution in [0.3, 0.4) is 0 Å². The maximum atomic E-state index is 13.2. The molecule has 2 heterocycles. The number of rotatable bonds is 2. The number of benzene rings is 1. The van der Waals surface area contributed by atoms with E-state index in [9.17, 15) is 4.39 Å². The Morgan fingerprint density at radius 3 is 2.71 bits per heavy atom. The van der Waals surface area contributed by atoms with Crippen LogP contribution in [-0.4, -0.2) is 15.1 Å². The maximum absolute atomic E-state index is 13.2. The molecule has 0 bridgehead atoms. The van der Waals surface area contributed by atoms with Crippen LogP contribution in [0.25, 0.3) is 23.0 Å². The first kappa shape index (κ1) is 14.2. The third-order valence-corrected chi connectivity index (χ3v) is 3.73. The average molecular weight is 414 g/mol. The van der Waals surface area contributed by atoms with Crippen LogP contribution in [0, 0.1) is 5.82 Å². The normalized spacial score (nSPS) is 10.8. The summed E-state index contributed by atoms with van der Waals surface area (Å²) in [6, 6.07) is 6.04. The van der Waals surface area contributed by atoms with Gasteiger partial charge in [-0.15, -0.1) is 0 Å². The van der Waals surface area contributed by atoms with Gasteiger partial charge in [-0.2, -0.15) is 4.98 Å². The van der Waals surface area contributed by atoms with Crippen molar-refractivity contribution in [2.24, 2.45) is 0 Å². The zero-order valence-electron chi connectivity index (χ0n) is 10.3. The van der Waals surface area contributed by atoms with Gasteiger partial charge in [-0.1, -0.05) is 5.16 Å². The van der Waals surface area contributed by atoms with Gasteiger partial charge < -0.3 is 10.3 Å². The highest BCUT2D eigenvalue weighted by atomic mass is 79.9. The highest BCUT2D eigenvalue weighted by Gasteiger charge is 2.15. The van der Waals surface area contributed by atoms with Crippen molar-refractivity contribution in [3.05, 3.63) is 45.2 Å². The van der Waals surface area contributed by atoms with E-state index in [2.05, 4.69) is 47.0 Å². The molecule has 0 unspecified atom stereocenters. The molecule has 8 heteroatoms. The molecule has 3 rings (SSSR count). The van der Waals surface area contributed by atoms with Crippen LogP contribution in [0.15, 0.2) is 43.9 Å². The second-order valence-corrected chi connectivity index (χ2v) is 5.91. The molecule has 0 radical (unpaired) electrons. The predicted molar refractivity (Wildman–Crippen MR) is 82.7 cm³/mol. The number of hydrogen-bond donors (Lipinski definition) is 1. The first-order valence-corrected chi connectivity index (χ1v) is 7.34. The summed E-state index contributed by atoms with van der Waals surface area (Å²) in [5.74, 6) is 0.0800. The Labute approximate surface area is 135 Å². The lowest BCUT2D eigenvalue weighted by Crippen LogP contribution is -1.91. The molecule has 0 atom stereocenters. The molecule has 106 valence electrons. The van der Waals surface area contributed by atoms with Crippen LogP contribution >= 0.6 is 31.9 Å². The van der Waals surface area contributed by atoms with Gasteiger partial charge in [-0.3, -0.25) is 4.98 Å². The number of hydrogen-bond acceptors (Lipinski definition) is 5. The fourth-order valence-corrected chi connectivity index (χ4v) is 2.86. The van der Waals surface area contributed by atoms with Crippen LogP contribution in [-0.2, 0) is 0 Å². The Balaban J connectivity index is 2.01. The van der Waals surface area contributed by atoms with Crippen molar-refractivity contribution in [3.8, 4) is 23.0 Å². The quantitative estimate of drug-likeness (QED) is 0.641. The Kier molecular flexibility index (Phi) is 3.73. The van der Waals surface area contributed by atoms with Crippen LogP contribution < -0.4 is 5.73 Å². The first-order chi connectivity index (χ1) is 10.0. The van der Waals surface area contributed by atoms with Gasteiger partial charge >= 0.3 is 0 Å². The fraction of sp³-hybridized carbons (Fsp3) is 0. The fourth-order valence-electron chi connectivity index (χ4n) is 1.69. The van der Waals surface area contributed by atoms with Crippen LogP contribution in [0.4, 0.5) is 10.1 Å². The monoisotopic (exact) mass is 412 g/mol. The molecule has 0 fully saturated rings. The molecule has 2 N–H and O–H groups in total. The number of halogens is 3. The highest BCUT2D eigenvalue weighted by Crippen LogP contribution is 2.29. The Morgan fingerprint density at radius 1 is 1.19 bits per heavy atom. The van der Waals surface area contributed by atoms with Crippen molar-refractivity contribution in [3.63, 3.8) is 0 Å². The third-order valence-electron chi connectivity index (χ3n) is 2.69. The number of anilines is 1. The van der Waals surface area contributed by atoms with Gasteiger partial charge in [0.2, 0.25) is 5.82 Å². The van der Waals surface area contributed by atoms with Crippen molar-refractivity contribution in [2.75, 3.05) is 5.73 Å². The summed E-state index contributed by atoms with van der Waals surface area (Å²) >= 11 is 6.71. The predicted octanol–water partition coefficient (Wildman–Crippen LogP) is 4.04. The molecule has 21 heavy (non-hydrogen) atoms. The standard InChI is InChI=1S/C13H7Br2FN4O/c14-7-4-8(15)11(18-5-7)12-19-13(21-20-12)6-1-2-9(16)10(17)3-6/h1-5H,17H2. The van der Waals surface area contributed by atoms with E-state index in [1.54, 1.807) is 6.20 Å². The molecule has 0 aliphatic rings. The van der Waals surface area contributed by atoms with Crippen LogP contribution in [0.2, 0.25) is 0 Å². The van der Waals surface area contributed by atoms with Crippen molar-refractivity contribution in [2.45, 2.75) is 0 Å². The van der Waals surface area contributed by atoms with Crippen LogP contribution in [0.1, 0.15) is 0 Å². The zero-order valence-corrected chi connectivity index (χ0v) is 13.5. The second-order valence-electron chi connectivity index (χ2n) is 4.14. The summed E-state index contributed by atoms with van der Waals surface area (Å²) in [5.41, 5.74) is 6.64.